The third kappa shape index (κ3) is 6.07. The number of thioether (sulfide) groups is 1. The number of nitriles is 1. The van der Waals surface area contributed by atoms with Gasteiger partial charge in [0.2, 0.25) is 5.91 Å². The number of amides is 1. The SMILES string of the molecule is N#CSc1ccccc1NC(=O)CCC(=O)[O-].[Na+]. The van der Waals surface area contributed by atoms with E-state index in [1.165, 1.54) is 0 Å². The van der Waals surface area contributed by atoms with Gasteiger partial charge in [-0.2, -0.15) is 5.26 Å². The third-order valence-electron chi connectivity index (χ3n) is 1.87. The minimum Gasteiger partial charge on any atom is -0.550 e. The minimum atomic E-state index is -1.26. The van der Waals surface area contributed by atoms with Gasteiger partial charge >= 0.3 is 29.6 Å². The van der Waals surface area contributed by atoms with Crippen LogP contribution in [0.4, 0.5) is 5.69 Å². The molecule has 18 heavy (non-hydrogen) atoms. The first kappa shape index (κ1) is 17.0. The first-order chi connectivity index (χ1) is 8.13. The predicted octanol–water partition coefficient (Wildman–Crippen LogP) is -2.27. The zero-order valence-electron chi connectivity index (χ0n) is 9.80. The Labute approximate surface area is 131 Å². The molecule has 1 aromatic rings. The zero-order chi connectivity index (χ0) is 12.7. The number of para-hydroxylation sites is 1. The van der Waals surface area contributed by atoms with E-state index in [0.717, 1.165) is 11.8 Å². The molecule has 0 bridgehead atoms. The maximum Gasteiger partial charge on any atom is 1.00 e. The van der Waals surface area contributed by atoms with Crippen molar-refractivity contribution < 1.29 is 44.3 Å². The largest absolute Gasteiger partial charge is 1.00 e. The Balaban J connectivity index is 0.00000289. The molecule has 0 aliphatic heterocycles. The average molecular weight is 272 g/mol. The Morgan fingerprint density at radius 2 is 2.00 bits per heavy atom. The molecule has 0 aliphatic carbocycles. The zero-order valence-corrected chi connectivity index (χ0v) is 12.6. The molecule has 1 N–H and O–H groups in total. The van der Waals surface area contributed by atoms with Gasteiger partial charge < -0.3 is 15.2 Å². The molecule has 7 heteroatoms. The quantitative estimate of drug-likeness (QED) is 0.371. The van der Waals surface area contributed by atoms with Crippen LogP contribution in [-0.4, -0.2) is 11.9 Å². The van der Waals surface area contributed by atoms with Gasteiger partial charge in [0.25, 0.3) is 0 Å². The van der Waals surface area contributed by atoms with E-state index >= 15 is 0 Å². The molecule has 0 saturated carbocycles. The Hall–Kier alpha value is -1.00. The summed E-state index contributed by atoms with van der Waals surface area (Å²) < 4.78 is 0. The van der Waals surface area contributed by atoms with Gasteiger partial charge in [0.05, 0.1) is 5.69 Å². The van der Waals surface area contributed by atoms with E-state index in [1.807, 2.05) is 5.40 Å². The molecule has 0 radical (unpaired) electrons. The second kappa shape index (κ2) is 9.00. The molecule has 0 heterocycles. The number of aliphatic carboxylic acids is 1. The van der Waals surface area contributed by atoms with Crippen LogP contribution >= 0.6 is 11.8 Å². The van der Waals surface area contributed by atoms with E-state index in [2.05, 4.69) is 5.32 Å². The molecule has 0 aromatic heterocycles. The van der Waals surface area contributed by atoms with Crippen LogP contribution in [0.25, 0.3) is 0 Å². The van der Waals surface area contributed by atoms with Crippen LogP contribution in [-0.2, 0) is 9.59 Å². The molecule has 0 aliphatic rings. The predicted molar refractivity (Wildman–Crippen MR) is 60.8 cm³/mol. The maximum atomic E-state index is 11.4. The van der Waals surface area contributed by atoms with Crippen molar-refractivity contribution in [2.75, 3.05) is 5.32 Å². The Bertz CT molecular complexity index is 474. The molecule has 0 atom stereocenters. The van der Waals surface area contributed by atoms with Gasteiger partial charge in [0, 0.05) is 17.3 Å². The van der Waals surface area contributed by atoms with Crippen LogP contribution in [0, 0.1) is 10.7 Å². The van der Waals surface area contributed by atoms with E-state index in [-0.39, 0.29) is 42.4 Å². The van der Waals surface area contributed by atoms with Crippen molar-refractivity contribution in [1.29, 1.82) is 5.26 Å². The first-order valence-corrected chi connectivity index (χ1v) is 5.60. The molecule has 0 saturated heterocycles. The number of rotatable bonds is 5. The molecule has 88 valence electrons. The molecule has 1 aromatic carbocycles. The maximum absolute atomic E-state index is 11.4. The van der Waals surface area contributed by atoms with Gasteiger partial charge in [0.1, 0.15) is 5.40 Å². The van der Waals surface area contributed by atoms with Crippen LogP contribution in [0.2, 0.25) is 0 Å². The number of carbonyl (C=O) groups excluding carboxylic acids is 2. The van der Waals surface area contributed by atoms with Gasteiger partial charge in [-0.25, -0.2) is 0 Å². The van der Waals surface area contributed by atoms with E-state index in [1.54, 1.807) is 24.3 Å². The van der Waals surface area contributed by atoms with E-state index in [9.17, 15) is 14.7 Å². The summed E-state index contributed by atoms with van der Waals surface area (Å²) >= 11 is 0.930. The molecule has 5 nitrogen and oxygen atoms in total. The Morgan fingerprint density at radius 1 is 1.33 bits per heavy atom. The number of benzene rings is 1. The number of carbonyl (C=O) groups is 2. The molecular formula is C11H9N2NaO3S. The number of nitrogens with zero attached hydrogens (tertiary/aromatic N) is 1. The summed E-state index contributed by atoms with van der Waals surface area (Å²) in [5.74, 6) is -1.68. The van der Waals surface area contributed by atoms with Crippen molar-refractivity contribution in [1.82, 2.24) is 0 Å². The Kier molecular flexibility index (Phi) is 8.50. The summed E-state index contributed by atoms with van der Waals surface area (Å²) in [7, 11) is 0. The summed E-state index contributed by atoms with van der Waals surface area (Å²) in [6.45, 7) is 0. The minimum absolute atomic E-state index is 0. The second-order valence-corrected chi connectivity index (χ2v) is 3.94. The standard InChI is InChI=1S/C11H10N2O3S.Na/c12-7-17-9-4-2-1-3-8(9)13-10(14)5-6-11(15)16;/h1-4H,5-6H2,(H,13,14)(H,15,16);/q;+1/p-1. The average Bonchev–Trinajstić information content (AvgIpc) is 2.29. The van der Waals surface area contributed by atoms with Crippen molar-refractivity contribution in [2.45, 2.75) is 17.7 Å². The van der Waals surface area contributed by atoms with Crippen molar-refractivity contribution in [3.63, 3.8) is 0 Å². The molecule has 1 rings (SSSR count). The van der Waals surface area contributed by atoms with Gasteiger partial charge in [-0.1, -0.05) is 12.1 Å². The first-order valence-electron chi connectivity index (χ1n) is 4.78. The molecule has 0 spiro atoms. The van der Waals surface area contributed by atoms with Crippen LogP contribution in [0.15, 0.2) is 29.2 Å². The third-order valence-corrected chi connectivity index (χ3v) is 2.54. The van der Waals surface area contributed by atoms with E-state index in [4.69, 9.17) is 5.26 Å². The topological polar surface area (TPSA) is 93.0 Å². The summed E-state index contributed by atoms with van der Waals surface area (Å²) in [6, 6.07) is 6.81. The van der Waals surface area contributed by atoms with Crippen molar-refractivity contribution >= 4 is 29.3 Å². The molecule has 1 amide bonds. The summed E-state index contributed by atoms with van der Waals surface area (Å²) in [6.07, 6.45) is -0.465. The smallest absolute Gasteiger partial charge is 0.550 e. The fourth-order valence-electron chi connectivity index (χ4n) is 1.14. The molecular weight excluding hydrogens is 263 g/mol. The second-order valence-electron chi connectivity index (χ2n) is 3.11. The van der Waals surface area contributed by atoms with Crippen LogP contribution in [0.5, 0.6) is 0 Å². The number of anilines is 1. The Morgan fingerprint density at radius 3 is 2.61 bits per heavy atom. The molecule has 0 unspecified atom stereocenters. The van der Waals surface area contributed by atoms with Gasteiger partial charge in [-0.15, -0.1) is 0 Å². The number of thiocyanates is 1. The fourth-order valence-corrected chi connectivity index (χ4v) is 1.61. The molecule has 0 fully saturated rings. The summed E-state index contributed by atoms with van der Waals surface area (Å²) in [4.78, 5) is 22.2. The number of carboxylic acid groups (broad SMARTS) is 1. The fraction of sp³-hybridized carbons (Fsp3) is 0.182. The van der Waals surface area contributed by atoms with Crippen LogP contribution in [0.3, 0.4) is 0 Å². The van der Waals surface area contributed by atoms with E-state index in [0.29, 0.717) is 10.6 Å². The van der Waals surface area contributed by atoms with Crippen molar-refractivity contribution in [3.05, 3.63) is 24.3 Å². The van der Waals surface area contributed by atoms with E-state index < -0.39 is 11.9 Å². The number of nitrogens with one attached hydrogen (secondary N) is 1. The van der Waals surface area contributed by atoms with Crippen LogP contribution in [0.1, 0.15) is 12.8 Å². The van der Waals surface area contributed by atoms with Crippen LogP contribution < -0.4 is 40.0 Å². The normalized spacial score (nSPS) is 8.83. The van der Waals surface area contributed by atoms with Crippen molar-refractivity contribution in [2.24, 2.45) is 0 Å². The number of hydrogen-bond acceptors (Lipinski definition) is 5. The van der Waals surface area contributed by atoms with Gasteiger partial charge in [0.15, 0.2) is 0 Å². The summed E-state index contributed by atoms with van der Waals surface area (Å²) in [5.41, 5.74) is 0.502. The monoisotopic (exact) mass is 272 g/mol. The number of hydrogen-bond donors (Lipinski definition) is 1. The van der Waals surface area contributed by atoms with Crippen molar-refractivity contribution in [3.8, 4) is 5.40 Å². The van der Waals surface area contributed by atoms with Gasteiger partial charge in [-0.05, 0) is 30.3 Å². The van der Waals surface area contributed by atoms with Gasteiger partial charge in [-0.3, -0.25) is 4.79 Å². The summed E-state index contributed by atoms with van der Waals surface area (Å²) in [5, 5.41) is 23.2. The number of carboxylic acids is 1.